The number of rotatable bonds is 4. The molecule has 0 unspecified atom stereocenters. The Kier molecular flexibility index (Phi) is 6.69. The fourth-order valence-corrected chi connectivity index (χ4v) is 6.07. The second kappa shape index (κ2) is 9.58. The van der Waals surface area contributed by atoms with Crippen LogP contribution in [0.25, 0.3) is 0 Å². The first-order valence-electron chi connectivity index (χ1n) is 11.2. The number of ether oxygens (including phenoxy) is 1. The van der Waals surface area contributed by atoms with Crippen LogP contribution in [-0.4, -0.2) is 11.6 Å². The molecule has 4 nitrogen and oxygen atoms in total. The molecule has 5 rings (SSSR count). The van der Waals surface area contributed by atoms with Gasteiger partial charge in [0.05, 0.1) is 10.0 Å². The van der Waals surface area contributed by atoms with Crippen molar-refractivity contribution in [1.82, 2.24) is 5.32 Å². The number of dihydropyridines is 1. The molecule has 176 valence electrons. The topological polar surface area (TPSA) is 55.4 Å². The van der Waals surface area contributed by atoms with Crippen LogP contribution in [0.15, 0.2) is 52.9 Å². The van der Waals surface area contributed by atoms with Gasteiger partial charge in [-0.2, -0.15) is 0 Å². The van der Waals surface area contributed by atoms with E-state index in [-0.39, 0.29) is 18.2 Å². The molecule has 0 fully saturated rings. The van der Waals surface area contributed by atoms with Crippen LogP contribution in [0.2, 0.25) is 20.1 Å². The summed E-state index contributed by atoms with van der Waals surface area (Å²) in [5.41, 5.74) is 4.62. The summed E-state index contributed by atoms with van der Waals surface area (Å²) in [6.45, 7) is 0.156. The van der Waals surface area contributed by atoms with E-state index in [1.54, 1.807) is 30.3 Å². The maximum atomic E-state index is 13.0. The number of carbonyl (C=O) groups excluding carboxylic acids is 2. The van der Waals surface area contributed by atoms with Crippen molar-refractivity contribution in [3.05, 3.63) is 84.1 Å². The van der Waals surface area contributed by atoms with E-state index in [9.17, 15) is 9.59 Å². The summed E-state index contributed by atoms with van der Waals surface area (Å²) in [4.78, 5) is 26.0. The predicted molar refractivity (Wildman–Crippen MR) is 135 cm³/mol. The lowest BCUT2D eigenvalue weighted by molar-refractivity contribution is -0.116. The van der Waals surface area contributed by atoms with E-state index < -0.39 is 5.92 Å². The molecule has 2 aromatic rings. The van der Waals surface area contributed by atoms with Gasteiger partial charge >= 0.3 is 0 Å². The number of allylic oxidation sites excluding steroid dienone is 4. The molecule has 0 radical (unpaired) electrons. The molecule has 8 heteroatoms. The van der Waals surface area contributed by atoms with Crippen molar-refractivity contribution in [3.8, 4) is 5.75 Å². The second-order valence-corrected chi connectivity index (χ2v) is 10.4. The van der Waals surface area contributed by atoms with Gasteiger partial charge in [0.2, 0.25) is 0 Å². The summed E-state index contributed by atoms with van der Waals surface area (Å²) in [7, 11) is 0. The molecular formula is C26H21Cl4NO3. The Bertz CT molecular complexity index is 1220. The largest absolute Gasteiger partial charge is 0.486 e. The van der Waals surface area contributed by atoms with Crippen molar-refractivity contribution < 1.29 is 14.3 Å². The lowest BCUT2D eigenvalue weighted by atomic mass is 9.71. The quantitative estimate of drug-likeness (QED) is 0.437. The van der Waals surface area contributed by atoms with Crippen LogP contribution in [0.4, 0.5) is 0 Å². The molecule has 1 heterocycles. The molecule has 0 aromatic heterocycles. The maximum Gasteiger partial charge on any atom is 0.161 e. The van der Waals surface area contributed by atoms with Crippen molar-refractivity contribution in [1.29, 1.82) is 0 Å². The number of ketones is 2. The molecule has 0 atom stereocenters. The summed E-state index contributed by atoms with van der Waals surface area (Å²) in [6, 6.07) is 8.66. The van der Waals surface area contributed by atoms with Crippen LogP contribution < -0.4 is 10.1 Å². The van der Waals surface area contributed by atoms with Gasteiger partial charge in [0.25, 0.3) is 0 Å². The Balaban J connectivity index is 1.52. The molecule has 2 aliphatic carbocycles. The van der Waals surface area contributed by atoms with E-state index >= 15 is 0 Å². The maximum absolute atomic E-state index is 13.0. The van der Waals surface area contributed by atoms with Crippen molar-refractivity contribution in [2.75, 3.05) is 0 Å². The fraction of sp³-hybridized carbons (Fsp3) is 0.308. The van der Waals surface area contributed by atoms with Crippen LogP contribution >= 0.6 is 46.4 Å². The standard InChI is InChI=1S/C26H21Cl4NO3/c27-15-8-7-13(16(28)11-15)12-34-26-17(29)9-14(10-18(26)30)23-24-19(3-1-5-21(24)32)31-20-4-2-6-22(33)25(20)23/h7-11,23,31H,1-6,12H2. The lowest BCUT2D eigenvalue weighted by Crippen LogP contribution is -2.36. The molecule has 0 saturated carbocycles. The zero-order valence-corrected chi connectivity index (χ0v) is 21.2. The van der Waals surface area contributed by atoms with Crippen LogP contribution in [-0.2, 0) is 16.2 Å². The van der Waals surface area contributed by atoms with Gasteiger partial charge in [-0.3, -0.25) is 9.59 Å². The van der Waals surface area contributed by atoms with Gasteiger partial charge in [-0.1, -0.05) is 52.5 Å². The SMILES string of the molecule is O=C1CCCC2=C1C(c1cc(Cl)c(OCc3ccc(Cl)cc3Cl)c(Cl)c1)C1=C(CCCC1=O)N2. The summed E-state index contributed by atoms with van der Waals surface area (Å²) in [5.74, 6) is -0.0239. The van der Waals surface area contributed by atoms with Gasteiger partial charge in [-0.05, 0) is 55.5 Å². The number of Topliss-reactive ketones (excluding diaryl/α,β-unsaturated/α-hetero) is 2. The zero-order valence-electron chi connectivity index (χ0n) is 18.2. The van der Waals surface area contributed by atoms with Gasteiger partial charge in [0.15, 0.2) is 17.3 Å². The highest BCUT2D eigenvalue weighted by Gasteiger charge is 2.40. The molecule has 0 amide bonds. The smallest absolute Gasteiger partial charge is 0.161 e. The summed E-state index contributed by atoms with van der Waals surface area (Å²) in [6.07, 6.45) is 4.11. The van der Waals surface area contributed by atoms with E-state index in [1.165, 1.54) is 0 Å². The number of hydrogen-bond donors (Lipinski definition) is 1. The average Bonchev–Trinajstić information content (AvgIpc) is 2.78. The molecule has 3 aliphatic rings. The average molecular weight is 537 g/mol. The molecule has 34 heavy (non-hydrogen) atoms. The van der Waals surface area contributed by atoms with E-state index in [2.05, 4.69) is 5.32 Å². The molecule has 0 bridgehead atoms. The van der Waals surface area contributed by atoms with Gasteiger partial charge in [-0.25, -0.2) is 0 Å². The van der Waals surface area contributed by atoms with Crippen molar-refractivity contribution >= 4 is 58.0 Å². The van der Waals surface area contributed by atoms with Gasteiger partial charge in [0.1, 0.15) is 6.61 Å². The van der Waals surface area contributed by atoms with Crippen molar-refractivity contribution in [3.63, 3.8) is 0 Å². The minimum absolute atomic E-state index is 0.0635. The highest BCUT2D eigenvalue weighted by molar-refractivity contribution is 6.37. The minimum Gasteiger partial charge on any atom is -0.486 e. The Morgan fingerprint density at radius 1 is 0.794 bits per heavy atom. The summed E-state index contributed by atoms with van der Waals surface area (Å²) in [5, 5.41) is 5.04. The molecule has 1 aliphatic heterocycles. The first-order chi connectivity index (χ1) is 16.3. The zero-order chi connectivity index (χ0) is 24.0. The van der Waals surface area contributed by atoms with Crippen LogP contribution in [0.5, 0.6) is 5.75 Å². The summed E-state index contributed by atoms with van der Waals surface area (Å²) >= 11 is 25.5. The third-order valence-electron chi connectivity index (χ3n) is 6.53. The number of carbonyl (C=O) groups is 2. The van der Waals surface area contributed by atoms with Crippen LogP contribution in [0, 0.1) is 0 Å². The van der Waals surface area contributed by atoms with Gasteiger partial charge in [-0.15, -0.1) is 0 Å². The Morgan fingerprint density at radius 2 is 1.38 bits per heavy atom. The first kappa shape index (κ1) is 23.7. The van der Waals surface area contributed by atoms with E-state index in [4.69, 9.17) is 51.1 Å². The van der Waals surface area contributed by atoms with Crippen LogP contribution in [0.3, 0.4) is 0 Å². The van der Waals surface area contributed by atoms with Gasteiger partial charge in [0, 0.05) is 56.9 Å². The van der Waals surface area contributed by atoms with E-state index in [0.29, 0.717) is 49.8 Å². The molecule has 2 aromatic carbocycles. The van der Waals surface area contributed by atoms with E-state index in [1.807, 2.05) is 0 Å². The third-order valence-corrected chi connectivity index (χ3v) is 7.68. The summed E-state index contributed by atoms with van der Waals surface area (Å²) < 4.78 is 5.91. The van der Waals surface area contributed by atoms with Crippen LogP contribution in [0.1, 0.15) is 55.6 Å². The van der Waals surface area contributed by atoms with Gasteiger partial charge < -0.3 is 10.1 Å². The number of benzene rings is 2. The Morgan fingerprint density at radius 3 is 1.94 bits per heavy atom. The Hall–Kier alpha value is -1.98. The minimum atomic E-state index is -0.471. The third kappa shape index (κ3) is 4.37. The number of nitrogens with one attached hydrogen (secondary N) is 1. The lowest BCUT2D eigenvalue weighted by Gasteiger charge is -2.37. The molecule has 1 N–H and O–H groups in total. The second-order valence-electron chi connectivity index (χ2n) is 8.73. The van der Waals surface area contributed by atoms with Crippen molar-refractivity contribution in [2.24, 2.45) is 0 Å². The highest BCUT2D eigenvalue weighted by Crippen LogP contribution is 2.47. The molecule has 0 spiro atoms. The fourth-order valence-electron chi connectivity index (χ4n) is 4.99. The highest BCUT2D eigenvalue weighted by atomic mass is 35.5. The molecular weight excluding hydrogens is 516 g/mol. The normalized spacial score (nSPS) is 18.6. The first-order valence-corrected chi connectivity index (χ1v) is 12.7. The van der Waals surface area contributed by atoms with Crippen molar-refractivity contribution in [2.45, 2.75) is 51.0 Å². The predicted octanol–water partition coefficient (Wildman–Crippen LogP) is 7.58. The molecule has 0 saturated heterocycles. The monoisotopic (exact) mass is 535 g/mol. The Labute approximate surface area is 217 Å². The number of hydrogen-bond acceptors (Lipinski definition) is 4. The van der Waals surface area contributed by atoms with E-state index in [0.717, 1.165) is 48.2 Å². The number of halogens is 4.